The molecular weight excluding hydrogens is 316 g/mol. The van der Waals surface area contributed by atoms with Crippen LogP contribution in [-0.4, -0.2) is 11.9 Å². The number of aryl methyl sites for hydroxylation is 1. The Morgan fingerprint density at radius 2 is 2.11 bits per heavy atom. The molecule has 3 nitrogen and oxygen atoms in total. The summed E-state index contributed by atoms with van der Waals surface area (Å²) >= 11 is 3.43. The first-order valence-corrected chi connectivity index (χ1v) is 6.57. The number of benzene rings is 1. The number of anilines is 1. The zero-order valence-corrected chi connectivity index (χ0v) is 13.3. The number of nitrogens with one attached hydrogen (secondary N) is 1. The summed E-state index contributed by atoms with van der Waals surface area (Å²) in [6, 6.07) is 5.26. The van der Waals surface area contributed by atoms with Gasteiger partial charge in [0.2, 0.25) is 5.91 Å². The second kappa shape index (κ2) is 7.77. The second-order valence-corrected chi connectivity index (χ2v) is 5.22. The van der Waals surface area contributed by atoms with E-state index in [1.165, 1.54) is 0 Å². The van der Waals surface area contributed by atoms with Crippen LogP contribution in [-0.2, 0) is 4.79 Å². The van der Waals surface area contributed by atoms with E-state index in [2.05, 4.69) is 21.2 Å². The maximum absolute atomic E-state index is 11.9. The van der Waals surface area contributed by atoms with Crippen molar-refractivity contribution in [1.82, 2.24) is 0 Å². The highest BCUT2D eigenvalue weighted by molar-refractivity contribution is 9.10. The number of halogens is 2. The van der Waals surface area contributed by atoms with Gasteiger partial charge in [-0.25, -0.2) is 0 Å². The Morgan fingerprint density at radius 1 is 1.50 bits per heavy atom. The maximum Gasteiger partial charge on any atom is 0.241 e. The van der Waals surface area contributed by atoms with Gasteiger partial charge in [0.05, 0.1) is 6.04 Å². The summed E-state index contributed by atoms with van der Waals surface area (Å²) < 4.78 is 0.979. The van der Waals surface area contributed by atoms with E-state index in [0.717, 1.165) is 22.1 Å². The van der Waals surface area contributed by atoms with Crippen LogP contribution < -0.4 is 11.1 Å². The van der Waals surface area contributed by atoms with E-state index in [1.807, 2.05) is 39.0 Å². The van der Waals surface area contributed by atoms with Crippen molar-refractivity contribution in [1.29, 1.82) is 0 Å². The van der Waals surface area contributed by atoms with Gasteiger partial charge in [-0.05, 0) is 30.5 Å². The fourth-order valence-corrected chi connectivity index (χ4v) is 1.79. The van der Waals surface area contributed by atoms with Gasteiger partial charge >= 0.3 is 0 Å². The zero-order valence-electron chi connectivity index (χ0n) is 10.9. The van der Waals surface area contributed by atoms with E-state index in [1.54, 1.807) is 0 Å². The van der Waals surface area contributed by atoms with Gasteiger partial charge in [-0.3, -0.25) is 4.79 Å². The van der Waals surface area contributed by atoms with Crippen LogP contribution in [0.2, 0.25) is 0 Å². The molecule has 0 aromatic heterocycles. The molecule has 0 spiro atoms. The van der Waals surface area contributed by atoms with Crippen molar-refractivity contribution < 1.29 is 4.79 Å². The number of hydrogen-bond donors (Lipinski definition) is 2. The van der Waals surface area contributed by atoms with Crippen molar-refractivity contribution >= 4 is 39.9 Å². The fraction of sp³-hybridized carbons (Fsp3) is 0.462. The minimum Gasteiger partial charge on any atom is -0.325 e. The molecule has 2 unspecified atom stereocenters. The van der Waals surface area contributed by atoms with Crippen molar-refractivity contribution in [2.45, 2.75) is 33.2 Å². The number of carbonyl (C=O) groups excluding carboxylic acids is 1. The lowest BCUT2D eigenvalue weighted by molar-refractivity contribution is -0.118. The van der Waals surface area contributed by atoms with E-state index in [4.69, 9.17) is 5.73 Å². The average molecular weight is 336 g/mol. The van der Waals surface area contributed by atoms with Gasteiger partial charge < -0.3 is 11.1 Å². The Labute approximate surface area is 123 Å². The van der Waals surface area contributed by atoms with Crippen LogP contribution >= 0.6 is 28.3 Å². The normalized spacial score (nSPS) is 13.4. The van der Waals surface area contributed by atoms with Crippen LogP contribution in [0, 0.1) is 12.8 Å². The lowest BCUT2D eigenvalue weighted by Gasteiger charge is -2.17. The van der Waals surface area contributed by atoms with Gasteiger partial charge in [0.15, 0.2) is 0 Å². The Bertz CT molecular complexity index is 412. The van der Waals surface area contributed by atoms with Gasteiger partial charge in [0, 0.05) is 10.2 Å². The van der Waals surface area contributed by atoms with Crippen LogP contribution in [0.1, 0.15) is 25.8 Å². The van der Waals surface area contributed by atoms with E-state index in [0.29, 0.717) is 0 Å². The summed E-state index contributed by atoms with van der Waals surface area (Å²) in [4.78, 5) is 11.9. The van der Waals surface area contributed by atoms with Crippen LogP contribution in [0.3, 0.4) is 0 Å². The molecule has 102 valence electrons. The average Bonchev–Trinajstić information content (AvgIpc) is 2.31. The van der Waals surface area contributed by atoms with Crippen molar-refractivity contribution in [3.63, 3.8) is 0 Å². The lowest BCUT2D eigenvalue weighted by atomic mass is 9.99. The second-order valence-electron chi connectivity index (χ2n) is 4.36. The van der Waals surface area contributed by atoms with Crippen LogP contribution in [0.4, 0.5) is 5.69 Å². The molecule has 0 radical (unpaired) electrons. The highest BCUT2D eigenvalue weighted by Crippen LogP contribution is 2.21. The fourth-order valence-electron chi connectivity index (χ4n) is 1.41. The van der Waals surface area contributed by atoms with E-state index < -0.39 is 6.04 Å². The first-order valence-electron chi connectivity index (χ1n) is 5.78. The smallest absolute Gasteiger partial charge is 0.241 e. The summed E-state index contributed by atoms with van der Waals surface area (Å²) in [6.45, 7) is 6.01. The van der Waals surface area contributed by atoms with Crippen molar-refractivity contribution in [3.8, 4) is 0 Å². The van der Waals surface area contributed by atoms with Gasteiger partial charge in [-0.1, -0.05) is 42.3 Å². The van der Waals surface area contributed by atoms with Gasteiger partial charge in [0.25, 0.3) is 0 Å². The molecule has 18 heavy (non-hydrogen) atoms. The van der Waals surface area contributed by atoms with Crippen LogP contribution in [0.15, 0.2) is 22.7 Å². The largest absolute Gasteiger partial charge is 0.325 e. The number of rotatable bonds is 4. The lowest BCUT2D eigenvalue weighted by Crippen LogP contribution is -2.40. The molecule has 0 heterocycles. The first-order chi connectivity index (χ1) is 7.95. The SMILES string of the molecule is CCC(C)C(N)C(=O)Nc1ccc(C)c(Br)c1.Cl. The molecule has 0 aliphatic heterocycles. The van der Waals surface area contributed by atoms with E-state index in [9.17, 15) is 4.79 Å². The molecule has 1 amide bonds. The molecule has 0 fully saturated rings. The van der Waals surface area contributed by atoms with Crippen molar-refractivity contribution in [3.05, 3.63) is 28.2 Å². The molecular formula is C13H20BrClN2O. The summed E-state index contributed by atoms with van der Waals surface area (Å²) in [7, 11) is 0. The highest BCUT2D eigenvalue weighted by Gasteiger charge is 2.19. The standard InChI is InChI=1S/C13H19BrN2O.ClH/c1-4-8(2)12(15)13(17)16-10-6-5-9(3)11(14)7-10;/h5-8,12H,4,15H2,1-3H3,(H,16,17);1H. The number of amides is 1. The molecule has 0 saturated heterocycles. The summed E-state index contributed by atoms with van der Waals surface area (Å²) in [5, 5.41) is 2.83. The monoisotopic (exact) mass is 334 g/mol. The minimum atomic E-state index is -0.458. The van der Waals surface area contributed by atoms with Gasteiger partial charge in [-0.2, -0.15) is 0 Å². The highest BCUT2D eigenvalue weighted by atomic mass is 79.9. The molecule has 0 saturated carbocycles. The number of nitrogens with two attached hydrogens (primary N) is 1. The number of hydrogen-bond acceptors (Lipinski definition) is 2. The molecule has 0 bridgehead atoms. The van der Waals surface area contributed by atoms with Gasteiger partial charge in [0.1, 0.15) is 0 Å². The third-order valence-corrected chi connectivity index (χ3v) is 3.85. The molecule has 1 rings (SSSR count). The predicted octanol–water partition coefficient (Wildman–Crippen LogP) is 3.49. The maximum atomic E-state index is 11.9. The molecule has 1 aromatic carbocycles. The topological polar surface area (TPSA) is 55.1 Å². The van der Waals surface area contributed by atoms with E-state index in [-0.39, 0.29) is 24.2 Å². The Balaban J connectivity index is 0.00000289. The molecule has 5 heteroatoms. The van der Waals surface area contributed by atoms with Crippen LogP contribution in [0.5, 0.6) is 0 Å². The predicted molar refractivity (Wildman–Crippen MR) is 82.2 cm³/mol. The quantitative estimate of drug-likeness (QED) is 0.885. The van der Waals surface area contributed by atoms with Crippen molar-refractivity contribution in [2.24, 2.45) is 11.7 Å². The number of carbonyl (C=O) groups is 1. The minimum absolute atomic E-state index is 0. The third kappa shape index (κ3) is 4.59. The summed E-state index contributed by atoms with van der Waals surface area (Å²) in [5.74, 6) is 0.0546. The molecule has 0 aliphatic carbocycles. The van der Waals surface area contributed by atoms with Crippen LogP contribution in [0.25, 0.3) is 0 Å². The summed E-state index contributed by atoms with van der Waals surface area (Å²) in [6.07, 6.45) is 0.895. The van der Waals surface area contributed by atoms with E-state index >= 15 is 0 Å². The molecule has 0 aliphatic rings. The molecule has 1 aromatic rings. The Hall–Kier alpha value is -0.580. The Morgan fingerprint density at radius 3 is 2.61 bits per heavy atom. The first kappa shape index (κ1) is 17.4. The summed E-state index contributed by atoms with van der Waals surface area (Å²) in [5.41, 5.74) is 7.77. The van der Waals surface area contributed by atoms with Crippen molar-refractivity contribution in [2.75, 3.05) is 5.32 Å². The Kier molecular flexibility index (Phi) is 7.52. The molecule has 3 N–H and O–H groups in total. The molecule has 2 atom stereocenters. The third-order valence-electron chi connectivity index (χ3n) is 3.00. The zero-order chi connectivity index (χ0) is 13.0. The van der Waals surface area contributed by atoms with Gasteiger partial charge in [-0.15, -0.1) is 12.4 Å².